The lowest BCUT2D eigenvalue weighted by Gasteiger charge is -2.17. The number of aliphatic hydroxyl groups is 1. The second-order valence-electron chi connectivity index (χ2n) is 1.65. The largest absolute Gasteiger partial charge is 0.392 e. The van der Waals surface area contributed by atoms with Crippen LogP contribution in [0.5, 0.6) is 0 Å². The van der Waals surface area contributed by atoms with Gasteiger partial charge in [-0.1, -0.05) is 6.08 Å². The van der Waals surface area contributed by atoms with E-state index in [-0.39, 0.29) is 6.61 Å². The third-order valence-electron chi connectivity index (χ3n) is 1.08. The average Bonchev–Trinajstić information content (AvgIpc) is 1.55. The molecule has 1 aliphatic rings. The summed E-state index contributed by atoms with van der Waals surface area (Å²) in [4.78, 5) is 0. The zero-order chi connectivity index (χ0) is 5.11. The van der Waals surface area contributed by atoms with Crippen molar-refractivity contribution in [2.45, 2.75) is 0 Å². The van der Waals surface area contributed by atoms with E-state index >= 15 is 0 Å². The highest BCUT2D eigenvalue weighted by Crippen LogP contribution is 1.97. The molecule has 40 valence electrons. The van der Waals surface area contributed by atoms with Gasteiger partial charge in [0.1, 0.15) is 0 Å². The van der Waals surface area contributed by atoms with Gasteiger partial charge in [0, 0.05) is 13.1 Å². The van der Waals surface area contributed by atoms with E-state index in [0.717, 1.165) is 13.1 Å². The quantitative estimate of drug-likeness (QED) is 0.435. The van der Waals surface area contributed by atoms with Crippen LogP contribution < -0.4 is 5.32 Å². The Kier molecular flexibility index (Phi) is 1.44. The summed E-state index contributed by atoms with van der Waals surface area (Å²) in [6.07, 6.45) is 1.84. The van der Waals surface area contributed by atoms with Gasteiger partial charge >= 0.3 is 0 Å². The van der Waals surface area contributed by atoms with E-state index in [1.165, 1.54) is 5.57 Å². The van der Waals surface area contributed by atoms with Crippen LogP contribution in [0.25, 0.3) is 0 Å². The number of nitrogens with one attached hydrogen (secondary N) is 1. The van der Waals surface area contributed by atoms with Gasteiger partial charge in [-0.3, -0.25) is 0 Å². The molecular formula is C5H9NO. The summed E-state index contributed by atoms with van der Waals surface area (Å²) < 4.78 is 0. The van der Waals surface area contributed by atoms with E-state index < -0.39 is 0 Å². The zero-order valence-electron chi connectivity index (χ0n) is 4.15. The molecule has 0 aliphatic carbocycles. The fourth-order valence-electron chi connectivity index (χ4n) is 0.543. The molecule has 0 aromatic carbocycles. The smallest absolute Gasteiger partial charge is 0.0615 e. The monoisotopic (exact) mass is 99.1 g/mol. The van der Waals surface area contributed by atoms with Crippen LogP contribution in [-0.4, -0.2) is 24.8 Å². The maximum atomic E-state index is 8.30. The lowest BCUT2D eigenvalue weighted by molar-refractivity contribution is 0.340. The highest BCUT2D eigenvalue weighted by molar-refractivity contribution is 5.13. The van der Waals surface area contributed by atoms with Crippen molar-refractivity contribution in [2.75, 3.05) is 19.7 Å². The zero-order valence-corrected chi connectivity index (χ0v) is 4.15. The van der Waals surface area contributed by atoms with E-state index in [1.807, 2.05) is 6.08 Å². The van der Waals surface area contributed by atoms with Crippen LogP contribution in [0, 0.1) is 0 Å². The molecular weight excluding hydrogens is 90.1 g/mol. The van der Waals surface area contributed by atoms with Crippen LogP contribution >= 0.6 is 0 Å². The maximum absolute atomic E-state index is 8.30. The predicted octanol–water partition coefficient (Wildman–Crippen LogP) is -0.492. The Balaban J connectivity index is 2.23. The molecule has 0 aromatic heterocycles. The SMILES string of the molecule is OCC=C1CNC1. The first-order valence-corrected chi connectivity index (χ1v) is 2.43. The first kappa shape index (κ1) is 4.81. The molecule has 1 saturated heterocycles. The Morgan fingerprint density at radius 3 is 2.57 bits per heavy atom. The van der Waals surface area contributed by atoms with E-state index in [1.54, 1.807) is 0 Å². The summed E-state index contributed by atoms with van der Waals surface area (Å²) in [5.74, 6) is 0. The first-order valence-electron chi connectivity index (χ1n) is 2.43. The van der Waals surface area contributed by atoms with Crippen molar-refractivity contribution in [2.24, 2.45) is 0 Å². The van der Waals surface area contributed by atoms with Gasteiger partial charge < -0.3 is 10.4 Å². The van der Waals surface area contributed by atoms with Gasteiger partial charge in [-0.05, 0) is 5.57 Å². The van der Waals surface area contributed by atoms with E-state index in [0.29, 0.717) is 0 Å². The summed E-state index contributed by atoms with van der Waals surface area (Å²) >= 11 is 0. The minimum absolute atomic E-state index is 0.191. The van der Waals surface area contributed by atoms with Crippen molar-refractivity contribution < 1.29 is 5.11 Å². The third kappa shape index (κ3) is 1.01. The predicted molar refractivity (Wildman–Crippen MR) is 28.0 cm³/mol. The molecule has 0 spiro atoms. The molecule has 0 bridgehead atoms. The molecule has 0 saturated carbocycles. The van der Waals surface area contributed by atoms with Crippen LogP contribution in [-0.2, 0) is 0 Å². The van der Waals surface area contributed by atoms with Gasteiger partial charge in [0.05, 0.1) is 6.61 Å². The minimum atomic E-state index is 0.191. The Morgan fingerprint density at radius 1 is 1.71 bits per heavy atom. The Bertz CT molecular complexity index is 82.1. The second-order valence-corrected chi connectivity index (χ2v) is 1.65. The Morgan fingerprint density at radius 2 is 2.43 bits per heavy atom. The second kappa shape index (κ2) is 2.09. The van der Waals surface area contributed by atoms with Crippen LogP contribution in [0.3, 0.4) is 0 Å². The van der Waals surface area contributed by atoms with Crippen molar-refractivity contribution in [3.63, 3.8) is 0 Å². The van der Waals surface area contributed by atoms with E-state index in [2.05, 4.69) is 5.32 Å². The van der Waals surface area contributed by atoms with Gasteiger partial charge in [-0.25, -0.2) is 0 Å². The maximum Gasteiger partial charge on any atom is 0.0615 e. The summed E-state index contributed by atoms with van der Waals surface area (Å²) in [5, 5.41) is 11.4. The molecule has 0 aromatic rings. The number of rotatable bonds is 1. The van der Waals surface area contributed by atoms with Crippen molar-refractivity contribution >= 4 is 0 Å². The van der Waals surface area contributed by atoms with E-state index in [9.17, 15) is 0 Å². The van der Waals surface area contributed by atoms with Crippen LogP contribution in [0.1, 0.15) is 0 Å². The van der Waals surface area contributed by atoms with Gasteiger partial charge in [0.2, 0.25) is 0 Å². The van der Waals surface area contributed by atoms with Gasteiger partial charge in [-0.15, -0.1) is 0 Å². The topological polar surface area (TPSA) is 32.3 Å². The van der Waals surface area contributed by atoms with Crippen molar-refractivity contribution in [1.29, 1.82) is 0 Å². The number of aliphatic hydroxyl groups excluding tert-OH is 1. The molecule has 0 atom stereocenters. The summed E-state index contributed by atoms with van der Waals surface area (Å²) in [6.45, 7) is 2.14. The first-order chi connectivity index (χ1) is 3.43. The fourth-order valence-corrected chi connectivity index (χ4v) is 0.543. The summed E-state index contributed by atoms with van der Waals surface area (Å²) in [7, 11) is 0. The number of hydrogen-bond acceptors (Lipinski definition) is 2. The van der Waals surface area contributed by atoms with Gasteiger partial charge in [0.15, 0.2) is 0 Å². The highest BCUT2D eigenvalue weighted by atomic mass is 16.2. The molecule has 0 amide bonds. The summed E-state index contributed by atoms with van der Waals surface area (Å²) in [6, 6.07) is 0. The molecule has 7 heavy (non-hydrogen) atoms. The molecule has 1 aliphatic heterocycles. The lowest BCUT2D eigenvalue weighted by Crippen LogP contribution is -2.33. The normalized spacial score (nSPS) is 18.7. The molecule has 0 radical (unpaired) electrons. The molecule has 1 rings (SSSR count). The van der Waals surface area contributed by atoms with Crippen LogP contribution in [0.2, 0.25) is 0 Å². The molecule has 2 heteroatoms. The summed E-state index contributed by atoms with van der Waals surface area (Å²) in [5.41, 5.74) is 1.32. The van der Waals surface area contributed by atoms with Crippen molar-refractivity contribution in [1.82, 2.24) is 5.32 Å². The highest BCUT2D eigenvalue weighted by Gasteiger charge is 2.03. The molecule has 1 heterocycles. The lowest BCUT2D eigenvalue weighted by atomic mass is 10.1. The third-order valence-corrected chi connectivity index (χ3v) is 1.08. The number of hydrogen-bond donors (Lipinski definition) is 2. The standard InChI is InChI=1S/C5H9NO/c7-2-1-5-3-6-4-5/h1,6-7H,2-4H2. The molecule has 2 N–H and O–H groups in total. The average molecular weight is 99.1 g/mol. The van der Waals surface area contributed by atoms with Gasteiger partial charge in [0.25, 0.3) is 0 Å². The van der Waals surface area contributed by atoms with Crippen LogP contribution in [0.15, 0.2) is 11.6 Å². The fraction of sp³-hybridized carbons (Fsp3) is 0.600. The van der Waals surface area contributed by atoms with Gasteiger partial charge in [-0.2, -0.15) is 0 Å². The van der Waals surface area contributed by atoms with E-state index in [4.69, 9.17) is 5.11 Å². The molecule has 2 nitrogen and oxygen atoms in total. The van der Waals surface area contributed by atoms with Crippen molar-refractivity contribution in [3.8, 4) is 0 Å². The molecule has 1 fully saturated rings. The molecule has 0 unspecified atom stereocenters. The Labute approximate surface area is 42.8 Å². The minimum Gasteiger partial charge on any atom is -0.392 e. The van der Waals surface area contributed by atoms with Crippen molar-refractivity contribution in [3.05, 3.63) is 11.6 Å². The Hall–Kier alpha value is -0.340. The van der Waals surface area contributed by atoms with Crippen LogP contribution in [0.4, 0.5) is 0 Å².